The molecule has 0 aliphatic carbocycles. The van der Waals surface area contributed by atoms with Crippen molar-refractivity contribution in [2.75, 3.05) is 40.8 Å². The molecule has 0 spiro atoms. The molecule has 0 unspecified atom stereocenters. The number of carbonyl (C=O) groups is 2. The van der Waals surface area contributed by atoms with E-state index in [0.717, 1.165) is 12.1 Å². The van der Waals surface area contributed by atoms with Gasteiger partial charge in [-0.05, 0) is 50.3 Å². The average molecular weight is 394 g/mol. The average Bonchev–Trinajstić information content (AvgIpc) is 3.11. The van der Waals surface area contributed by atoms with Crippen molar-refractivity contribution in [2.24, 2.45) is 0 Å². The minimum atomic E-state index is -0.300. The highest BCUT2D eigenvalue weighted by atomic mass is 16.2. The lowest BCUT2D eigenvalue weighted by atomic mass is 10.2. The maximum Gasteiger partial charge on any atom is 0.287 e. The van der Waals surface area contributed by atoms with E-state index in [9.17, 15) is 9.59 Å². The topological polar surface area (TPSA) is 82.8 Å². The van der Waals surface area contributed by atoms with Crippen molar-refractivity contribution in [3.05, 3.63) is 66.0 Å². The highest BCUT2D eigenvalue weighted by Gasteiger charge is 2.23. The van der Waals surface area contributed by atoms with Crippen LogP contribution >= 0.6 is 0 Å². The van der Waals surface area contributed by atoms with Crippen molar-refractivity contribution in [1.82, 2.24) is 29.5 Å². The van der Waals surface area contributed by atoms with E-state index in [1.54, 1.807) is 41.0 Å². The number of carbonyl (C=O) groups excluding carboxylic acids is 2. The van der Waals surface area contributed by atoms with E-state index in [1.807, 2.05) is 43.3 Å². The van der Waals surface area contributed by atoms with Crippen LogP contribution in [0.4, 0.5) is 0 Å². The van der Waals surface area contributed by atoms with Crippen LogP contribution in [0.15, 0.2) is 48.9 Å². The molecule has 0 saturated carbocycles. The number of aromatic nitrogens is 3. The summed E-state index contributed by atoms with van der Waals surface area (Å²) in [5.41, 5.74) is 2.00. The molecule has 0 aliphatic heterocycles. The Hall–Kier alpha value is -3.26. The molecule has 0 radical (unpaired) electrons. The Bertz CT molecular complexity index is 983. The molecule has 8 heteroatoms. The van der Waals surface area contributed by atoms with Gasteiger partial charge in [-0.15, -0.1) is 0 Å². The highest BCUT2D eigenvalue weighted by Crippen LogP contribution is 2.15. The Kier molecular flexibility index (Phi) is 6.56. The van der Waals surface area contributed by atoms with Crippen LogP contribution < -0.4 is 5.32 Å². The molecule has 152 valence electrons. The zero-order valence-corrected chi connectivity index (χ0v) is 17.0. The first-order chi connectivity index (χ1) is 14.0. The molecule has 29 heavy (non-hydrogen) atoms. The lowest BCUT2D eigenvalue weighted by molar-refractivity contribution is 0.0793. The zero-order chi connectivity index (χ0) is 20.8. The van der Waals surface area contributed by atoms with Crippen molar-refractivity contribution in [3.8, 4) is 0 Å². The third kappa shape index (κ3) is 4.97. The van der Waals surface area contributed by atoms with Gasteiger partial charge >= 0.3 is 0 Å². The Morgan fingerprint density at radius 1 is 1.07 bits per heavy atom. The third-order valence-corrected chi connectivity index (χ3v) is 4.63. The fourth-order valence-corrected chi connectivity index (χ4v) is 2.96. The largest absolute Gasteiger partial charge is 0.348 e. The number of fused-ring (bicyclic) bond motifs is 1. The van der Waals surface area contributed by atoms with Crippen LogP contribution in [0.1, 0.15) is 26.7 Å². The maximum atomic E-state index is 13.0. The number of nitrogens with zero attached hydrogens (tertiary/aromatic N) is 5. The van der Waals surface area contributed by atoms with E-state index in [0.29, 0.717) is 25.0 Å². The molecule has 3 heterocycles. The lowest BCUT2D eigenvalue weighted by Crippen LogP contribution is -2.32. The van der Waals surface area contributed by atoms with Gasteiger partial charge < -0.3 is 15.1 Å². The monoisotopic (exact) mass is 394 g/mol. The van der Waals surface area contributed by atoms with Gasteiger partial charge in [0, 0.05) is 45.3 Å². The van der Waals surface area contributed by atoms with E-state index in [-0.39, 0.29) is 23.3 Å². The summed E-state index contributed by atoms with van der Waals surface area (Å²) in [5, 5.41) is 2.86. The number of amides is 2. The molecule has 1 N–H and O–H groups in total. The molecule has 0 aromatic carbocycles. The second kappa shape index (κ2) is 9.29. The quantitative estimate of drug-likeness (QED) is 0.623. The fraction of sp³-hybridized carbons (Fsp3) is 0.333. The van der Waals surface area contributed by atoms with Crippen molar-refractivity contribution in [1.29, 1.82) is 0 Å². The second-order valence-electron chi connectivity index (χ2n) is 7.13. The second-order valence-corrected chi connectivity index (χ2v) is 7.13. The van der Waals surface area contributed by atoms with Gasteiger partial charge in [0.2, 0.25) is 5.82 Å². The van der Waals surface area contributed by atoms with E-state index in [1.165, 1.54) is 0 Å². The van der Waals surface area contributed by atoms with E-state index in [2.05, 4.69) is 15.3 Å². The lowest BCUT2D eigenvalue weighted by Gasteiger charge is -2.16. The summed E-state index contributed by atoms with van der Waals surface area (Å²) in [5.74, 6) is -0.299. The molecule has 3 aromatic heterocycles. The fourth-order valence-electron chi connectivity index (χ4n) is 2.96. The molecule has 3 rings (SSSR count). The number of rotatable bonds is 8. The predicted molar refractivity (Wildman–Crippen MR) is 111 cm³/mol. The number of pyridine rings is 2. The molecular formula is C21H26N6O2. The number of hydrogen-bond donors (Lipinski definition) is 1. The van der Waals surface area contributed by atoms with Gasteiger partial charge in [-0.1, -0.05) is 6.07 Å². The highest BCUT2D eigenvalue weighted by molar-refractivity contribution is 6.02. The molecule has 0 fully saturated rings. The van der Waals surface area contributed by atoms with Gasteiger partial charge in [0.25, 0.3) is 11.8 Å². The van der Waals surface area contributed by atoms with E-state index < -0.39 is 0 Å². The Labute approximate surface area is 170 Å². The summed E-state index contributed by atoms with van der Waals surface area (Å²) in [6.07, 6.45) is 5.94. The number of likely N-dealkylation sites (N-methyl/N-ethyl adjacent to an activating group) is 2. The SMILES string of the molecule is CN(C)CCNC(=O)c1nc(C(=O)N(C)CCc2ccncc2)c2ccccn12. The minimum Gasteiger partial charge on any atom is -0.348 e. The van der Waals surface area contributed by atoms with E-state index in [4.69, 9.17) is 0 Å². The van der Waals surface area contributed by atoms with Gasteiger partial charge in [-0.25, -0.2) is 4.98 Å². The third-order valence-electron chi connectivity index (χ3n) is 4.63. The van der Waals surface area contributed by atoms with Crippen molar-refractivity contribution >= 4 is 17.3 Å². The van der Waals surface area contributed by atoms with Gasteiger partial charge in [-0.3, -0.25) is 19.0 Å². The van der Waals surface area contributed by atoms with Crippen LogP contribution in [0.5, 0.6) is 0 Å². The summed E-state index contributed by atoms with van der Waals surface area (Å²) >= 11 is 0. The van der Waals surface area contributed by atoms with Crippen molar-refractivity contribution in [2.45, 2.75) is 6.42 Å². The summed E-state index contributed by atoms with van der Waals surface area (Å²) < 4.78 is 1.66. The number of nitrogens with one attached hydrogen (secondary N) is 1. The molecule has 0 saturated heterocycles. The maximum absolute atomic E-state index is 13.0. The molecule has 0 aliphatic rings. The van der Waals surface area contributed by atoms with Crippen LogP contribution in [-0.2, 0) is 6.42 Å². The summed E-state index contributed by atoms with van der Waals surface area (Å²) in [7, 11) is 5.62. The first kappa shape index (κ1) is 20.5. The normalized spacial score (nSPS) is 11.0. The van der Waals surface area contributed by atoms with Crippen molar-refractivity contribution in [3.63, 3.8) is 0 Å². The first-order valence-corrected chi connectivity index (χ1v) is 9.51. The van der Waals surface area contributed by atoms with Crippen LogP contribution in [0.3, 0.4) is 0 Å². The number of imidazole rings is 1. The summed E-state index contributed by atoms with van der Waals surface area (Å²) in [4.78, 5) is 37.6. The number of hydrogen-bond acceptors (Lipinski definition) is 5. The summed E-state index contributed by atoms with van der Waals surface area (Å²) in [6.45, 7) is 1.76. The molecular weight excluding hydrogens is 368 g/mol. The Balaban J connectivity index is 1.78. The Morgan fingerprint density at radius 3 is 2.55 bits per heavy atom. The predicted octanol–water partition coefficient (Wildman–Crippen LogP) is 1.34. The molecule has 3 aromatic rings. The smallest absolute Gasteiger partial charge is 0.287 e. The van der Waals surface area contributed by atoms with Crippen LogP contribution in [0.25, 0.3) is 5.52 Å². The van der Waals surface area contributed by atoms with Crippen LogP contribution in [0.2, 0.25) is 0 Å². The van der Waals surface area contributed by atoms with Crippen molar-refractivity contribution < 1.29 is 9.59 Å². The van der Waals surface area contributed by atoms with Crippen LogP contribution in [-0.4, -0.2) is 76.8 Å². The molecule has 8 nitrogen and oxygen atoms in total. The molecule has 2 amide bonds. The van der Waals surface area contributed by atoms with E-state index >= 15 is 0 Å². The van der Waals surface area contributed by atoms with Crippen LogP contribution in [0, 0.1) is 0 Å². The van der Waals surface area contributed by atoms with Gasteiger partial charge in [0.1, 0.15) is 0 Å². The first-order valence-electron chi connectivity index (χ1n) is 9.51. The minimum absolute atomic E-state index is 0.213. The zero-order valence-electron chi connectivity index (χ0n) is 17.0. The molecule has 0 bridgehead atoms. The standard InChI is InChI=1S/C21H26N6O2/c1-25(2)15-12-23-20(28)19-24-18(17-6-4-5-13-27(17)19)21(29)26(3)14-9-16-7-10-22-11-8-16/h4-8,10-11,13H,9,12,14-15H2,1-3H3,(H,23,28). The van der Waals surface area contributed by atoms with Gasteiger partial charge in [-0.2, -0.15) is 0 Å². The summed E-state index contributed by atoms with van der Waals surface area (Å²) in [6, 6.07) is 9.31. The van der Waals surface area contributed by atoms with Gasteiger partial charge in [0.05, 0.1) is 5.52 Å². The van der Waals surface area contributed by atoms with Gasteiger partial charge in [0.15, 0.2) is 5.69 Å². The molecule has 0 atom stereocenters. The Morgan fingerprint density at radius 2 is 1.83 bits per heavy atom.